The molecule has 0 radical (unpaired) electrons. The van der Waals surface area contributed by atoms with Crippen LogP contribution < -0.4 is 26.4 Å². The van der Waals surface area contributed by atoms with Gasteiger partial charge >= 0.3 is 11.3 Å². The lowest BCUT2D eigenvalue weighted by molar-refractivity contribution is -0.744. The molecule has 39 heavy (non-hydrogen) atoms. The number of aromatic amines is 2. The van der Waals surface area contributed by atoms with Crippen molar-refractivity contribution in [2.45, 2.75) is 49.1 Å². The fraction of sp³-hybridized carbons (Fsp3) is 0.526. The maximum atomic E-state index is 12.7. The number of hydrogen-bond donors (Lipinski definition) is 7. The van der Waals surface area contributed by atoms with Gasteiger partial charge in [-0.2, -0.15) is 4.98 Å². The molecular weight excluding hydrogens is 549 g/mol. The molecule has 2 fully saturated rings. The van der Waals surface area contributed by atoms with Gasteiger partial charge in [0.15, 0.2) is 30.8 Å². The highest BCUT2D eigenvalue weighted by atomic mass is 31.2. The third-order valence-corrected chi connectivity index (χ3v) is 7.29. The smallest absolute Gasteiger partial charge is 0.330 e. The summed E-state index contributed by atoms with van der Waals surface area (Å²) in [5, 5.41) is 40.8. The van der Waals surface area contributed by atoms with E-state index >= 15 is 0 Å². The van der Waals surface area contributed by atoms with Crippen LogP contribution in [0.1, 0.15) is 12.5 Å². The Morgan fingerprint density at radius 3 is 2.67 bits per heavy atom. The van der Waals surface area contributed by atoms with Crippen LogP contribution in [0, 0.1) is 0 Å². The number of aliphatic hydroxyl groups is 4. The number of aromatic nitrogens is 6. The van der Waals surface area contributed by atoms with Crippen LogP contribution in [0.3, 0.4) is 0 Å². The van der Waals surface area contributed by atoms with Crippen LogP contribution in [0.25, 0.3) is 11.2 Å². The van der Waals surface area contributed by atoms with Crippen LogP contribution >= 0.6 is 7.82 Å². The first-order valence-corrected chi connectivity index (χ1v) is 12.9. The van der Waals surface area contributed by atoms with Crippen LogP contribution in [-0.4, -0.2) is 94.8 Å². The van der Waals surface area contributed by atoms with Gasteiger partial charge in [0.2, 0.25) is 11.7 Å². The summed E-state index contributed by atoms with van der Waals surface area (Å²) in [7, 11) is -5.27. The SMILES string of the molecule is Nc1ncnc2c1[nH]c[n+]2C1OC(CO)C(O)C1OP(=O)([O-])OCC1OC(n2ccc(=O)[nH]c2=O)C(O)C1O. The van der Waals surface area contributed by atoms with Crippen LogP contribution in [0.2, 0.25) is 0 Å². The summed E-state index contributed by atoms with van der Waals surface area (Å²) < 4.78 is 35.8. The lowest BCUT2D eigenvalue weighted by Crippen LogP contribution is -2.47. The van der Waals surface area contributed by atoms with Crippen molar-refractivity contribution in [2.75, 3.05) is 18.9 Å². The molecule has 2 aliphatic rings. The quantitative estimate of drug-likeness (QED) is 0.0982. The van der Waals surface area contributed by atoms with Crippen molar-refractivity contribution in [3.63, 3.8) is 0 Å². The normalized spacial score (nSPS) is 32.5. The predicted molar refractivity (Wildman–Crippen MR) is 121 cm³/mol. The molecule has 3 aromatic rings. The molecule has 9 unspecified atom stereocenters. The number of nitrogen functional groups attached to an aromatic ring is 1. The van der Waals surface area contributed by atoms with E-state index in [1.165, 1.54) is 10.9 Å². The number of fused-ring (bicyclic) bond motifs is 1. The number of aliphatic hydroxyl groups excluding tert-OH is 4. The number of ether oxygens (including phenoxy) is 2. The van der Waals surface area contributed by atoms with Gasteiger partial charge in [-0.25, -0.2) is 9.36 Å². The number of nitrogens with one attached hydrogen (secondary N) is 2. The van der Waals surface area contributed by atoms with Gasteiger partial charge in [0.25, 0.3) is 13.4 Å². The third-order valence-electron chi connectivity index (χ3n) is 6.33. The maximum Gasteiger partial charge on any atom is 0.330 e. The molecule has 5 rings (SSSR count). The summed E-state index contributed by atoms with van der Waals surface area (Å²) in [4.78, 5) is 48.7. The average molecular weight is 573 g/mol. The number of nitrogens with zero attached hydrogens (tertiary/aromatic N) is 4. The minimum Gasteiger partial charge on any atom is -0.756 e. The van der Waals surface area contributed by atoms with Gasteiger partial charge in [-0.1, -0.05) is 4.98 Å². The van der Waals surface area contributed by atoms with Crippen molar-refractivity contribution in [1.29, 1.82) is 0 Å². The van der Waals surface area contributed by atoms with E-state index in [0.717, 1.165) is 23.2 Å². The third kappa shape index (κ3) is 5.12. The zero-order valence-corrected chi connectivity index (χ0v) is 20.6. The Balaban J connectivity index is 1.31. The highest BCUT2D eigenvalue weighted by molar-refractivity contribution is 7.45. The Labute approximate surface area is 216 Å². The van der Waals surface area contributed by atoms with E-state index in [9.17, 15) is 39.5 Å². The van der Waals surface area contributed by atoms with Gasteiger partial charge < -0.3 is 49.6 Å². The molecule has 0 bridgehead atoms. The molecule has 212 valence electrons. The lowest BCUT2D eigenvalue weighted by Gasteiger charge is -2.30. The van der Waals surface area contributed by atoms with Crippen molar-refractivity contribution >= 4 is 24.8 Å². The maximum absolute atomic E-state index is 12.7. The number of nitrogens with two attached hydrogens (primary N) is 1. The van der Waals surface area contributed by atoms with E-state index in [0.29, 0.717) is 5.52 Å². The number of rotatable bonds is 8. The van der Waals surface area contributed by atoms with Crippen LogP contribution in [0.15, 0.2) is 34.5 Å². The van der Waals surface area contributed by atoms with E-state index < -0.39 is 81.4 Å². The summed E-state index contributed by atoms with van der Waals surface area (Å²) in [6.45, 7) is -1.53. The molecule has 3 aromatic heterocycles. The fourth-order valence-corrected chi connectivity index (χ4v) is 5.31. The first kappa shape index (κ1) is 27.5. The van der Waals surface area contributed by atoms with E-state index in [-0.39, 0.29) is 11.5 Å². The van der Waals surface area contributed by atoms with Gasteiger partial charge in [-0.3, -0.25) is 23.9 Å². The summed E-state index contributed by atoms with van der Waals surface area (Å²) >= 11 is 0. The van der Waals surface area contributed by atoms with E-state index in [1.807, 2.05) is 4.98 Å². The zero-order valence-electron chi connectivity index (χ0n) is 19.7. The number of phosphoric ester groups is 1. The predicted octanol–water partition coefficient (Wildman–Crippen LogP) is -4.88. The van der Waals surface area contributed by atoms with Crippen molar-refractivity contribution in [2.24, 2.45) is 0 Å². The van der Waals surface area contributed by atoms with Crippen LogP contribution in [0.4, 0.5) is 5.82 Å². The Bertz CT molecular complexity index is 1510. The fourth-order valence-electron chi connectivity index (χ4n) is 4.39. The molecule has 0 aliphatic carbocycles. The van der Waals surface area contributed by atoms with Gasteiger partial charge in [0.05, 0.1) is 13.2 Å². The standard InChI is InChI=1S/C19H24N7O12P/c20-15-10-16(22-5-21-15)26(6-23-10)18-14(12(30)7(3-27)36-18)38-39(33,34)35-4-8-11(29)13(31)17(37-8)25-2-1-9(28)24-19(25)32/h1-2,5-8,11-14,17-18,27,29-31H,3-4H2,(H4,20,21,22,24,28,32,33,34). The number of phosphoric acid groups is 1. The van der Waals surface area contributed by atoms with Crippen molar-refractivity contribution in [3.05, 3.63) is 45.8 Å². The van der Waals surface area contributed by atoms with Gasteiger partial charge in [-0.15, -0.1) is 0 Å². The summed E-state index contributed by atoms with van der Waals surface area (Å²) in [5.74, 6) is 0.0889. The lowest BCUT2D eigenvalue weighted by atomic mass is 10.1. The Morgan fingerprint density at radius 1 is 1.18 bits per heavy atom. The number of anilines is 1. The molecule has 20 heteroatoms. The second-order valence-electron chi connectivity index (χ2n) is 8.75. The molecule has 19 nitrogen and oxygen atoms in total. The van der Waals surface area contributed by atoms with E-state index in [4.69, 9.17) is 24.3 Å². The monoisotopic (exact) mass is 573 g/mol. The van der Waals surface area contributed by atoms with Gasteiger partial charge in [0, 0.05) is 12.3 Å². The van der Waals surface area contributed by atoms with Crippen LogP contribution in [0.5, 0.6) is 0 Å². The summed E-state index contributed by atoms with van der Waals surface area (Å²) in [6, 6.07) is 0.991. The number of imidazole rings is 1. The van der Waals surface area contributed by atoms with Crippen molar-refractivity contribution in [3.8, 4) is 0 Å². The topological polar surface area (TPSA) is 284 Å². The minimum atomic E-state index is -5.27. The second kappa shape index (κ2) is 10.5. The second-order valence-corrected chi connectivity index (χ2v) is 10.1. The van der Waals surface area contributed by atoms with Crippen LogP contribution in [-0.2, 0) is 23.1 Å². The van der Waals surface area contributed by atoms with Crippen molar-refractivity contribution < 1.29 is 53.0 Å². The molecule has 2 saturated heterocycles. The molecule has 0 spiro atoms. The minimum absolute atomic E-state index is 0.0889. The first-order chi connectivity index (χ1) is 18.5. The Morgan fingerprint density at radius 2 is 1.95 bits per heavy atom. The first-order valence-electron chi connectivity index (χ1n) is 11.4. The van der Waals surface area contributed by atoms with E-state index in [1.54, 1.807) is 0 Å². The molecule has 0 saturated carbocycles. The Hall–Kier alpha value is -3.10. The molecule has 5 heterocycles. The van der Waals surface area contributed by atoms with Gasteiger partial charge in [-0.05, 0) is 0 Å². The molecule has 0 amide bonds. The number of hydrogen-bond acceptors (Lipinski definition) is 15. The molecular formula is C19H24N7O12P. The molecule has 8 N–H and O–H groups in total. The Kier molecular flexibility index (Phi) is 7.37. The highest BCUT2D eigenvalue weighted by Crippen LogP contribution is 2.45. The van der Waals surface area contributed by atoms with E-state index in [2.05, 4.69) is 15.0 Å². The summed E-state index contributed by atoms with van der Waals surface area (Å²) in [6.07, 6.45) is -8.55. The molecule has 2 aliphatic heterocycles. The average Bonchev–Trinajstić information content (AvgIpc) is 3.53. The number of H-pyrrole nitrogens is 2. The zero-order chi connectivity index (χ0) is 28.1. The summed E-state index contributed by atoms with van der Waals surface area (Å²) in [5.41, 5.74) is 4.67. The molecule has 0 aromatic carbocycles. The largest absolute Gasteiger partial charge is 0.756 e. The molecule has 9 atom stereocenters. The van der Waals surface area contributed by atoms with Gasteiger partial charge in [0.1, 0.15) is 30.5 Å². The van der Waals surface area contributed by atoms with Crippen molar-refractivity contribution in [1.82, 2.24) is 24.5 Å². The highest BCUT2D eigenvalue weighted by Gasteiger charge is 2.50.